The fourth-order valence-electron chi connectivity index (χ4n) is 4.51. The summed E-state index contributed by atoms with van der Waals surface area (Å²) in [6, 6.07) is 2.66. The van der Waals surface area contributed by atoms with Crippen molar-refractivity contribution >= 4 is 40.6 Å². The molecule has 14 heteroatoms. The number of carbonyl (C=O) groups excluding carboxylic acids is 3. The number of para-hydroxylation sites is 1. The minimum Gasteiger partial charge on any atom is -0.481 e. The van der Waals surface area contributed by atoms with Crippen LogP contribution < -0.4 is 21.7 Å². The highest BCUT2D eigenvalue weighted by Gasteiger charge is 2.31. The molecule has 0 spiro atoms. The molecule has 0 aliphatic carbocycles. The smallest absolute Gasteiger partial charge is 0.326 e. The van der Waals surface area contributed by atoms with E-state index in [-0.39, 0.29) is 31.6 Å². The molecule has 9 N–H and O–H groups in total. The average molecular weight is 584 g/mol. The van der Waals surface area contributed by atoms with Crippen LogP contribution in [0.2, 0.25) is 0 Å². The van der Waals surface area contributed by atoms with E-state index in [9.17, 15) is 34.2 Å². The fourth-order valence-corrected chi connectivity index (χ4v) is 4.51. The van der Waals surface area contributed by atoms with Crippen molar-refractivity contribution in [2.45, 2.75) is 70.1 Å². The molecule has 0 radical (unpaired) electrons. The molecule has 0 saturated heterocycles. The maximum Gasteiger partial charge on any atom is 0.326 e. The lowest BCUT2D eigenvalue weighted by Crippen LogP contribution is -2.58. The van der Waals surface area contributed by atoms with Crippen LogP contribution in [0.25, 0.3) is 10.9 Å². The molecule has 4 unspecified atom stereocenters. The molecular weight excluding hydrogens is 546 g/mol. The number of aromatic nitrogens is 3. The molecule has 3 amide bonds. The van der Waals surface area contributed by atoms with Gasteiger partial charge < -0.3 is 41.9 Å². The summed E-state index contributed by atoms with van der Waals surface area (Å²) >= 11 is 0. The second-order valence-corrected chi connectivity index (χ2v) is 10.5. The molecule has 2 heterocycles. The summed E-state index contributed by atoms with van der Waals surface area (Å²) in [6.07, 6.45) is 4.12. The van der Waals surface area contributed by atoms with Gasteiger partial charge >= 0.3 is 11.9 Å². The molecule has 0 aliphatic rings. The molecule has 0 fully saturated rings. The highest BCUT2D eigenvalue weighted by Crippen LogP contribution is 2.19. The quantitative estimate of drug-likeness (QED) is 0.117. The lowest BCUT2D eigenvalue weighted by atomic mass is 10.0. The molecule has 3 rings (SSSR count). The summed E-state index contributed by atoms with van der Waals surface area (Å²) in [6.45, 7) is 3.62. The van der Waals surface area contributed by atoms with Gasteiger partial charge in [0, 0.05) is 41.8 Å². The number of nitrogens with two attached hydrogens (primary N) is 1. The summed E-state index contributed by atoms with van der Waals surface area (Å²) in [7, 11) is 0. The second-order valence-electron chi connectivity index (χ2n) is 10.5. The van der Waals surface area contributed by atoms with Crippen molar-refractivity contribution in [1.29, 1.82) is 0 Å². The van der Waals surface area contributed by atoms with Crippen molar-refractivity contribution in [3.05, 3.63) is 54.2 Å². The van der Waals surface area contributed by atoms with E-state index in [2.05, 4.69) is 30.9 Å². The number of aliphatic carboxylic acids is 2. The molecule has 0 bridgehead atoms. The highest BCUT2D eigenvalue weighted by molar-refractivity contribution is 5.94. The molecular formula is C28H37N7O7. The summed E-state index contributed by atoms with van der Waals surface area (Å²) < 4.78 is 0. The largest absolute Gasteiger partial charge is 0.481 e. The number of amides is 3. The fraction of sp³-hybridized carbons (Fsp3) is 0.429. The van der Waals surface area contributed by atoms with Gasteiger partial charge in [0.15, 0.2) is 0 Å². The van der Waals surface area contributed by atoms with Crippen LogP contribution in [0.5, 0.6) is 0 Å². The summed E-state index contributed by atoms with van der Waals surface area (Å²) in [5, 5.41) is 27.2. The number of fused-ring (bicyclic) bond motifs is 1. The number of rotatable bonds is 16. The second kappa shape index (κ2) is 14.8. The third-order valence-corrected chi connectivity index (χ3v) is 6.66. The van der Waals surface area contributed by atoms with E-state index in [0.717, 1.165) is 16.5 Å². The van der Waals surface area contributed by atoms with Crippen molar-refractivity contribution in [2.24, 2.45) is 11.7 Å². The van der Waals surface area contributed by atoms with E-state index in [1.54, 1.807) is 6.20 Å². The van der Waals surface area contributed by atoms with E-state index in [1.165, 1.54) is 12.5 Å². The van der Waals surface area contributed by atoms with Crippen LogP contribution in [0, 0.1) is 5.92 Å². The first-order chi connectivity index (χ1) is 19.9. The maximum absolute atomic E-state index is 13.4. The monoisotopic (exact) mass is 583 g/mol. The maximum atomic E-state index is 13.4. The standard InChI is InChI=1S/C28H37N7O7/c1-15(2)9-23(28(41)42)35-27(40)22(11-17-13-30-14-32-17)34-26(39)21(7-8-24(36)37)33-25(38)19(29)10-16-12-31-20-6-4-3-5-18(16)20/h3-6,12-15,19,21-23,31H,7-11,29H2,1-2H3,(H,30,32)(H,33,38)(H,34,39)(H,35,40)(H,36,37)(H,41,42). The third-order valence-electron chi connectivity index (χ3n) is 6.66. The van der Waals surface area contributed by atoms with Crippen LogP contribution >= 0.6 is 0 Å². The van der Waals surface area contributed by atoms with Crippen molar-refractivity contribution in [3.8, 4) is 0 Å². The number of nitrogens with one attached hydrogen (secondary N) is 5. The van der Waals surface area contributed by atoms with Crippen LogP contribution in [0.15, 0.2) is 43.0 Å². The SMILES string of the molecule is CC(C)CC(NC(=O)C(Cc1cnc[nH]1)NC(=O)C(CCC(=O)O)NC(=O)C(N)Cc1c[nH]c2ccccc12)C(=O)O. The molecule has 2 aromatic heterocycles. The predicted octanol–water partition coefficient (Wildman–Crippen LogP) is 0.453. The van der Waals surface area contributed by atoms with Gasteiger partial charge in [-0.2, -0.15) is 0 Å². The van der Waals surface area contributed by atoms with Crippen molar-refractivity contribution in [1.82, 2.24) is 30.9 Å². The normalized spacial score (nSPS) is 14.1. The van der Waals surface area contributed by atoms with Crippen molar-refractivity contribution < 1.29 is 34.2 Å². The molecule has 0 aliphatic heterocycles. The van der Waals surface area contributed by atoms with Crippen LogP contribution in [0.3, 0.4) is 0 Å². The topological polar surface area (TPSA) is 232 Å². The van der Waals surface area contributed by atoms with Gasteiger partial charge in [-0.15, -0.1) is 0 Å². The summed E-state index contributed by atoms with van der Waals surface area (Å²) in [4.78, 5) is 72.4. The van der Waals surface area contributed by atoms with Gasteiger partial charge in [-0.1, -0.05) is 32.0 Å². The van der Waals surface area contributed by atoms with Crippen molar-refractivity contribution in [3.63, 3.8) is 0 Å². The Bertz CT molecular complexity index is 1390. The molecule has 14 nitrogen and oxygen atoms in total. The Hall–Kier alpha value is -4.72. The van der Waals surface area contributed by atoms with E-state index >= 15 is 0 Å². The van der Waals surface area contributed by atoms with Gasteiger partial charge in [0.2, 0.25) is 17.7 Å². The minimum absolute atomic E-state index is 0.0314. The number of carboxylic acid groups (broad SMARTS) is 2. The number of aromatic amines is 2. The van der Waals surface area contributed by atoms with Crippen LogP contribution in [0.4, 0.5) is 0 Å². The zero-order valence-corrected chi connectivity index (χ0v) is 23.4. The lowest BCUT2D eigenvalue weighted by Gasteiger charge is -2.25. The number of hydrogen-bond donors (Lipinski definition) is 8. The van der Waals surface area contributed by atoms with Gasteiger partial charge in [0.25, 0.3) is 0 Å². The Kier molecular flexibility index (Phi) is 11.2. The number of nitrogens with zero attached hydrogens (tertiary/aromatic N) is 1. The van der Waals surface area contributed by atoms with Gasteiger partial charge in [-0.25, -0.2) is 9.78 Å². The Morgan fingerprint density at radius 3 is 2.21 bits per heavy atom. The first kappa shape index (κ1) is 31.8. The predicted molar refractivity (Wildman–Crippen MR) is 152 cm³/mol. The summed E-state index contributed by atoms with van der Waals surface area (Å²) in [5.41, 5.74) is 8.32. The van der Waals surface area contributed by atoms with Crippen molar-refractivity contribution in [2.75, 3.05) is 0 Å². The van der Waals surface area contributed by atoms with E-state index < -0.39 is 60.2 Å². The number of imidazole rings is 1. The number of hydrogen-bond acceptors (Lipinski definition) is 7. The number of H-pyrrole nitrogens is 2. The van der Waals surface area contributed by atoms with Gasteiger partial charge in [-0.3, -0.25) is 19.2 Å². The van der Waals surface area contributed by atoms with Crippen LogP contribution in [-0.2, 0) is 36.8 Å². The van der Waals surface area contributed by atoms with E-state index in [1.807, 2.05) is 38.1 Å². The van der Waals surface area contributed by atoms with Crippen LogP contribution in [-0.4, -0.2) is 79.0 Å². The van der Waals surface area contributed by atoms with Crippen LogP contribution in [0.1, 0.15) is 44.4 Å². The number of carbonyl (C=O) groups is 5. The Labute approximate surface area is 241 Å². The molecule has 1 aromatic carbocycles. The molecule has 4 atom stereocenters. The minimum atomic E-state index is -1.33. The highest BCUT2D eigenvalue weighted by atomic mass is 16.4. The molecule has 0 saturated carbocycles. The summed E-state index contributed by atoms with van der Waals surface area (Å²) in [5.74, 6) is -4.70. The number of benzene rings is 1. The van der Waals surface area contributed by atoms with Gasteiger partial charge in [0.1, 0.15) is 18.1 Å². The Morgan fingerprint density at radius 1 is 0.905 bits per heavy atom. The molecule has 42 heavy (non-hydrogen) atoms. The zero-order chi connectivity index (χ0) is 30.8. The first-order valence-corrected chi connectivity index (χ1v) is 13.6. The first-order valence-electron chi connectivity index (χ1n) is 13.6. The van der Waals surface area contributed by atoms with E-state index in [4.69, 9.17) is 5.73 Å². The molecule has 3 aromatic rings. The number of carboxylic acids is 2. The lowest BCUT2D eigenvalue weighted by molar-refractivity contribution is -0.142. The Morgan fingerprint density at radius 2 is 1.57 bits per heavy atom. The van der Waals surface area contributed by atoms with E-state index in [0.29, 0.717) is 5.69 Å². The zero-order valence-electron chi connectivity index (χ0n) is 23.4. The average Bonchev–Trinajstić information content (AvgIpc) is 3.59. The van der Waals surface area contributed by atoms with Gasteiger partial charge in [-0.05, 0) is 36.8 Å². The van der Waals surface area contributed by atoms with Gasteiger partial charge in [0.05, 0.1) is 12.4 Å². The Balaban J connectivity index is 1.75. The molecule has 226 valence electrons. The third kappa shape index (κ3) is 9.16.